The summed E-state index contributed by atoms with van der Waals surface area (Å²) in [6, 6.07) is 17.1. The zero-order valence-corrected chi connectivity index (χ0v) is 20.4. The molecule has 0 atom stereocenters. The highest BCUT2D eigenvalue weighted by atomic mass is 32.1. The zero-order valence-electron chi connectivity index (χ0n) is 19.6. The predicted octanol–water partition coefficient (Wildman–Crippen LogP) is 4.52. The van der Waals surface area contributed by atoms with Crippen LogP contribution in [0.4, 0.5) is 0 Å². The van der Waals surface area contributed by atoms with Crippen molar-refractivity contribution in [1.29, 1.82) is 0 Å². The minimum atomic E-state index is -0.147. The lowest BCUT2D eigenvalue weighted by molar-refractivity contribution is 0.0953. The van der Waals surface area contributed by atoms with Gasteiger partial charge >= 0.3 is 0 Å². The van der Waals surface area contributed by atoms with Crippen molar-refractivity contribution < 1.29 is 14.3 Å². The summed E-state index contributed by atoms with van der Waals surface area (Å²) < 4.78 is 7.03. The third kappa shape index (κ3) is 5.12. The van der Waals surface area contributed by atoms with Gasteiger partial charge in [0.25, 0.3) is 11.8 Å². The summed E-state index contributed by atoms with van der Waals surface area (Å²) in [5.74, 6) is 0.449. The minimum Gasteiger partial charge on any atom is -0.497 e. The van der Waals surface area contributed by atoms with Crippen molar-refractivity contribution in [3.63, 3.8) is 0 Å². The quantitative estimate of drug-likeness (QED) is 0.348. The number of fused-ring (bicyclic) bond motifs is 1. The summed E-state index contributed by atoms with van der Waals surface area (Å²) in [6.07, 6.45) is 1.43. The summed E-state index contributed by atoms with van der Waals surface area (Å²) in [7, 11) is 1.59. The number of hydrogen-bond donors (Lipinski definition) is 2. The number of aromatic nitrogens is 2. The van der Waals surface area contributed by atoms with E-state index in [9.17, 15) is 9.59 Å². The molecule has 0 aliphatic heterocycles. The van der Waals surface area contributed by atoms with Gasteiger partial charge in [-0.3, -0.25) is 9.59 Å². The van der Waals surface area contributed by atoms with Gasteiger partial charge in [-0.2, -0.15) is 5.10 Å². The number of benzene rings is 2. The van der Waals surface area contributed by atoms with Crippen LogP contribution < -0.4 is 15.4 Å². The number of ether oxygens (including phenoxy) is 1. The van der Waals surface area contributed by atoms with E-state index in [0.717, 1.165) is 28.0 Å². The Morgan fingerprint density at radius 3 is 2.32 bits per heavy atom. The van der Waals surface area contributed by atoms with Crippen LogP contribution in [0.2, 0.25) is 0 Å². The fourth-order valence-corrected chi connectivity index (χ4v) is 4.69. The van der Waals surface area contributed by atoms with E-state index in [0.29, 0.717) is 35.7 Å². The van der Waals surface area contributed by atoms with Crippen LogP contribution in [0, 0.1) is 6.92 Å². The number of rotatable bonds is 9. The molecule has 7 nitrogen and oxygen atoms in total. The SMILES string of the molecule is CCc1nn(-c2ccc(C)cc2)c2sc(C(=O)NCCCNC(=O)c3ccc(OC)cc3)cc12. The van der Waals surface area contributed by atoms with E-state index in [-0.39, 0.29) is 11.8 Å². The van der Waals surface area contributed by atoms with Gasteiger partial charge in [0, 0.05) is 24.0 Å². The molecule has 0 spiro atoms. The Bertz CT molecular complexity index is 1290. The molecule has 4 aromatic rings. The van der Waals surface area contributed by atoms with Gasteiger partial charge in [-0.25, -0.2) is 4.68 Å². The molecule has 8 heteroatoms. The average Bonchev–Trinajstić information content (AvgIpc) is 3.44. The summed E-state index contributed by atoms with van der Waals surface area (Å²) >= 11 is 1.44. The zero-order chi connectivity index (χ0) is 24.1. The van der Waals surface area contributed by atoms with Crippen molar-refractivity contribution >= 4 is 33.4 Å². The molecule has 0 unspecified atom stereocenters. The molecule has 0 saturated heterocycles. The maximum absolute atomic E-state index is 12.8. The summed E-state index contributed by atoms with van der Waals surface area (Å²) in [4.78, 5) is 26.6. The fourth-order valence-electron chi connectivity index (χ4n) is 3.62. The van der Waals surface area contributed by atoms with Crippen molar-refractivity contribution in [1.82, 2.24) is 20.4 Å². The largest absolute Gasteiger partial charge is 0.497 e. The van der Waals surface area contributed by atoms with E-state index >= 15 is 0 Å². The van der Waals surface area contributed by atoms with Crippen molar-refractivity contribution in [2.45, 2.75) is 26.7 Å². The molecule has 0 aliphatic rings. The van der Waals surface area contributed by atoms with Crippen LogP contribution in [0.25, 0.3) is 15.9 Å². The second-order valence-electron chi connectivity index (χ2n) is 7.97. The van der Waals surface area contributed by atoms with E-state index in [1.807, 2.05) is 22.9 Å². The maximum Gasteiger partial charge on any atom is 0.261 e. The number of hydrogen-bond acceptors (Lipinski definition) is 5. The number of carbonyl (C=O) groups excluding carboxylic acids is 2. The van der Waals surface area contributed by atoms with E-state index in [4.69, 9.17) is 9.84 Å². The Morgan fingerprint density at radius 2 is 1.68 bits per heavy atom. The van der Waals surface area contributed by atoms with E-state index in [1.165, 1.54) is 16.9 Å². The third-order valence-corrected chi connectivity index (χ3v) is 6.66. The van der Waals surface area contributed by atoms with Gasteiger partial charge in [-0.1, -0.05) is 24.6 Å². The molecular formula is C26H28N4O3S. The minimum absolute atomic E-state index is 0.111. The molecule has 0 aliphatic carbocycles. The molecule has 176 valence electrons. The highest BCUT2D eigenvalue weighted by molar-refractivity contribution is 7.20. The molecule has 2 aromatic carbocycles. The Hall–Kier alpha value is -3.65. The number of thiophene rings is 1. The molecule has 0 saturated carbocycles. The van der Waals surface area contributed by atoms with Gasteiger partial charge in [-0.05, 0) is 62.2 Å². The van der Waals surface area contributed by atoms with E-state index < -0.39 is 0 Å². The first kappa shape index (κ1) is 23.5. The van der Waals surface area contributed by atoms with Crippen LogP contribution >= 0.6 is 11.3 Å². The smallest absolute Gasteiger partial charge is 0.261 e. The normalized spacial score (nSPS) is 10.9. The maximum atomic E-state index is 12.8. The lowest BCUT2D eigenvalue weighted by Gasteiger charge is -2.07. The van der Waals surface area contributed by atoms with Crippen molar-refractivity contribution in [2.75, 3.05) is 20.2 Å². The Kier molecular flexibility index (Phi) is 7.27. The molecule has 0 fully saturated rings. The van der Waals surface area contributed by atoms with Crippen LogP contribution in [-0.2, 0) is 6.42 Å². The molecule has 2 N–H and O–H groups in total. The highest BCUT2D eigenvalue weighted by Gasteiger charge is 2.18. The second-order valence-corrected chi connectivity index (χ2v) is 9.00. The summed E-state index contributed by atoms with van der Waals surface area (Å²) in [6.45, 7) is 5.07. The van der Waals surface area contributed by atoms with Gasteiger partial charge in [0.05, 0.1) is 23.4 Å². The Balaban J connectivity index is 1.34. The number of carbonyl (C=O) groups is 2. The Morgan fingerprint density at radius 1 is 1.00 bits per heavy atom. The average molecular weight is 477 g/mol. The molecular weight excluding hydrogens is 448 g/mol. The second kappa shape index (κ2) is 10.5. The van der Waals surface area contributed by atoms with Gasteiger partial charge in [-0.15, -0.1) is 11.3 Å². The molecule has 0 bridgehead atoms. The topological polar surface area (TPSA) is 85.3 Å². The molecule has 34 heavy (non-hydrogen) atoms. The lowest BCUT2D eigenvalue weighted by Crippen LogP contribution is -2.29. The van der Waals surface area contributed by atoms with Crippen molar-refractivity contribution in [3.8, 4) is 11.4 Å². The van der Waals surface area contributed by atoms with Crippen LogP contribution in [0.3, 0.4) is 0 Å². The lowest BCUT2D eigenvalue weighted by atomic mass is 10.2. The highest BCUT2D eigenvalue weighted by Crippen LogP contribution is 2.31. The number of nitrogens with one attached hydrogen (secondary N) is 2. The molecule has 2 amide bonds. The van der Waals surface area contributed by atoms with E-state index in [1.54, 1.807) is 31.4 Å². The molecule has 4 rings (SSSR count). The van der Waals surface area contributed by atoms with Gasteiger partial charge in [0.1, 0.15) is 10.6 Å². The van der Waals surface area contributed by atoms with Crippen LogP contribution in [0.15, 0.2) is 54.6 Å². The van der Waals surface area contributed by atoms with Crippen LogP contribution in [0.5, 0.6) is 5.75 Å². The van der Waals surface area contributed by atoms with Crippen LogP contribution in [-0.4, -0.2) is 41.8 Å². The molecule has 2 aromatic heterocycles. The summed E-state index contributed by atoms with van der Waals surface area (Å²) in [5.41, 5.74) is 3.72. The fraction of sp³-hybridized carbons (Fsp3) is 0.269. The van der Waals surface area contributed by atoms with Gasteiger partial charge in [0.2, 0.25) is 0 Å². The number of methoxy groups -OCH3 is 1. The van der Waals surface area contributed by atoms with Crippen molar-refractivity contribution in [3.05, 3.63) is 76.3 Å². The summed E-state index contributed by atoms with van der Waals surface area (Å²) in [5, 5.41) is 11.6. The predicted molar refractivity (Wildman–Crippen MR) is 135 cm³/mol. The molecule has 0 radical (unpaired) electrons. The first-order chi connectivity index (χ1) is 16.5. The number of aryl methyl sites for hydroxylation is 2. The first-order valence-corrected chi connectivity index (χ1v) is 12.1. The van der Waals surface area contributed by atoms with Crippen LogP contribution in [0.1, 0.15) is 44.6 Å². The van der Waals surface area contributed by atoms with Gasteiger partial charge in [0.15, 0.2) is 0 Å². The number of nitrogens with zero attached hydrogens (tertiary/aromatic N) is 2. The monoisotopic (exact) mass is 476 g/mol. The standard InChI is InChI=1S/C26H28N4O3S/c1-4-22-21-16-23(34-26(21)30(29-22)19-10-6-17(2)7-11-19)25(32)28-15-5-14-27-24(31)18-8-12-20(33-3)13-9-18/h6-13,16H,4-5,14-15H2,1-3H3,(H,27,31)(H,28,32). The van der Waals surface area contributed by atoms with Gasteiger partial charge < -0.3 is 15.4 Å². The Labute approximate surface area is 202 Å². The molecule has 2 heterocycles. The third-order valence-electron chi connectivity index (χ3n) is 5.55. The van der Waals surface area contributed by atoms with Crippen molar-refractivity contribution in [2.24, 2.45) is 0 Å². The first-order valence-electron chi connectivity index (χ1n) is 11.3. The van der Waals surface area contributed by atoms with E-state index in [2.05, 4.69) is 36.6 Å². The number of amides is 2.